The van der Waals surface area contributed by atoms with Gasteiger partial charge in [0.15, 0.2) is 11.5 Å². The third-order valence-corrected chi connectivity index (χ3v) is 6.89. The quantitative estimate of drug-likeness (QED) is 0.238. The van der Waals surface area contributed by atoms with Crippen LogP contribution in [0.5, 0.6) is 23.0 Å². The summed E-state index contributed by atoms with van der Waals surface area (Å²) in [5.74, 6) is 0.587. The molecule has 0 saturated carbocycles. The zero-order valence-corrected chi connectivity index (χ0v) is 23.0. The Labute approximate surface area is 233 Å². The minimum Gasteiger partial charge on any atom is -0.497 e. The van der Waals surface area contributed by atoms with Crippen molar-refractivity contribution < 1.29 is 28.5 Å². The van der Waals surface area contributed by atoms with Gasteiger partial charge in [-0.15, -0.1) is 0 Å². The summed E-state index contributed by atoms with van der Waals surface area (Å²) in [6.07, 6.45) is 2.32. The number of carbonyl (C=O) groups is 2. The van der Waals surface area contributed by atoms with Crippen LogP contribution in [0.25, 0.3) is 0 Å². The number of nitrogens with one attached hydrogen (secondary N) is 1. The number of likely N-dealkylation sites (tertiary alicyclic amines) is 1. The van der Waals surface area contributed by atoms with Crippen molar-refractivity contribution >= 4 is 23.3 Å². The summed E-state index contributed by atoms with van der Waals surface area (Å²) in [6, 6.07) is 18.0. The average Bonchev–Trinajstić information content (AvgIpc) is 3.49. The highest BCUT2D eigenvalue weighted by atomic mass is 35.5. The SMILES string of the molecule is COc1ccc(COc2ccc(C(=O)C(=O)NCCN3CCCC3)c(Cl)c2OCc2ccc(OC)cc2)cc1. The zero-order chi connectivity index (χ0) is 27.6. The molecule has 0 spiro atoms. The van der Waals surface area contributed by atoms with Crippen LogP contribution in [0, 0.1) is 0 Å². The number of Topliss-reactive ketones (excluding diaryl/α,β-unsaturated/α-hetero) is 1. The molecular formula is C30H33ClN2O6. The van der Waals surface area contributed by atoms with Gasteiger partial charge >= 0.3 is 0 Å². The van der Waals surface area contributed by atoms with Gasteiger partial charge in [0.05, 0.1) is 24.8 Å². The maximum absolute atomic E-state index is 13.0. The van der Waals surface area contributed by atoms with Gasteiger partial charge < -0.3 is 29.2 Å². The molecule has 1 amide bonds. The van der Waals surface area contributed by atoms with E-state index in [4.69, 9.17) is 30.5 Å². The van der Waals surface area contributed by atoms with Crippen molar-refractivity contribution in [3.05, 3.63) is 82.4 Å². The molecule has 0 aliphatic carbocycles. The van der Waals surface area contributed by atoms with Crippen LogP contribution in [0.1, 0.15) is 34.3 Å². The summed E-state index contributed by atoms with van der Waals surface area (Å²) >= 11 is 6.68. The number of hydrogen-bond donors (Lipinski definition) is 1. The van der Waals surface area contributed by atoms with Crippen molar-refractivity contribution in [2.45, 2.75) is 26.1 Å². The Morgan fingerprint density at radius 2 is 1.38 bits per heavy atom. The summed E-state index contributed by atoms with van der Waals surface area (Å²) in [5.41, 5.74) is 1.83. The summed E-state index contributed by atoms with van der Waals surface area (Å²) < 4.78 is 22.5. The second kappa shape index (κ2) is 13.9. The highest BCUT2D eigenvalue weighted by Crippen LogP contribution is 2.39. The molecule has 0 bridgehead atoms. The first-order chi connectivity index (χ1) is 19.0. The van der Waals surface area contributed by atoms with Crippen LogP contribution in [0.3, 0.4) is 0 Å². The number of ketones is 1. The van der Waals surface area contributed by atoms with Crippen LogP contribution in [-0.4, -0.2) is 57.0 Å². The molecule has 9 heteroatoms. The van der Waals surface area contributed by atoms with E-state index in [1.807, 2.05) is 48.5 Å². The van der Waals surface area contributed by atoms with E-state index in [1.54, 1.807) is 20.3 Å². The van der Waals surface area contributed by atoms with Crippen molar-refractivity contribution in [2.24, 2.45) is 0 Å². The van der Waals surface area contributed by atoms with Crippen molar-refractivity contribution in [3.63, 3.8) is 0 Å². The van der Waals surface area contributed by atoms with Gasteiger partial charge in [0.25, 0.3) is 11.7 Å². The smallest absolute Gasteiger partial charge is 0.292 e. The lowest BCUT2D eigenvalue weighted by molar-refractivity contribution is -0.117. The third-order valence-electron chi connectivity index (χ3n) is 6.52. The molecule has 39 heavy (non-hydrogen) atoms. The molecular weight excluding hydrogens is 520 g/mol. The highest BCUT2D eigenvalue weighted by molar-refractivity contribution is 6.47. The molecule has 1 saturated heterocycles. The van der Waals surface area contributed by atoms with Crippen LogP contribution in [0.2, 0.25) is 5.02 Å². The number of carbonyl (C=O) groups excluding carboxylic acids is 2. The molecule has 0 aromatic heterocycles. The van der Waals surface area contributed by atoms with Gasteiger partial charge in [-0.2, -0.15) is 0 Å². The van der Waals surface area contributed by atoms with E-state index in [1.165, 1.54) is 6.07 Å². The molecule has 0 atom stereocenters. The first-order valence-corrected chi connectivity index (χ1v) is 13.2. The lowest BCUT2D eigenvalue weighted by Crippen LogP contribution is -2.37. The van der Waals surface area contributed by atoms with Crippen LogP contribution in [0.15, 0.2) is 60.7 Å². The van der Waals surface area contributed by atoms with Gasteiger partial charge in [0, 0.05) is 13.1 Å². The maximum atomic E-state index is 13.0. The second-order valence-electron chi connectivity index (χ2n) is 9.16. The molecule has 1 heterocycles. The van der Waals surface area contributed by atoms with Gasteiger partial charge in [-0.05, 0) is 73.5 Å². The molecule has 0 unspecified atom stereocenters. The van der Waals surface area contributed by atoms with Crippen molar-refractivity contribution in [2.75, 3.05) is 40.4 Å². The second-order valence-corrected chi connectivity index (χ2v) is 9.54. The highest BCUT2D eigenvalue weighted by Gasteiger charge is 2.24. The summed E-state index contributed by atoms with van der Waals surface area (Å²) in [4.78, 5) is 27.9. The Bertz CT molecular complexity index is 1260. The molecule has 1 fully saturated rings. The van der Waals surface area contributed by atoms with Crippen LogP contribution in [0.4, 0.5) is 0 Å². The van der Waals surface area contributed by atoms with Gasteiger partial charge in [-0.1, -0.05) is 35.9 Å². The largest absolute Gasteiger partial charge is 0.497 e. The normalized spacial score (nSPS) is 13.1. The van der Waals surface area contributed by atoms with Crippen molar-refractivity contribution in [1.82, 2.24) is 10.2 Å². The Balaban J connectivity index is 1.50. The molecule has 3 aromatic carbocycles. The van der Waals surface area contributed by atoms with Crippen LogP contribution >= 0.6 is 11.6 Å². The Morgan fingerprint density at radius 1 is 0.821 bits per heavy atom. The van der Waals surface area contributed by atoms with E-state index in [0.29, 0.717) is 18.8 Å². The van der Waals surface area contributed by atoms with E-state index in [9.17, 15) is 9.59 Å². The molecule has 0 radical (unpaired) electrons. The first kappa shape index (κ1) is 28.3. The minimum absolute atomic E-state index is 0.0236. The fourth-order valence-corrected chi connectivity index (χ4v) is 4.55. The van der Waals surface area contributed by atoms with E-state index in [2.05, 4.69) is 10.2 Å². The van der Waals surface area contributed by atoms with Crippen LogP contribution in [-0.2, 0) is 18.0 Å². The molecule has 206 valence electrons. The number of ether oxygens (including phenoxy) is 4. The molecule has 4 rings (SSSR count). The first-order valence-electron chi connectivity index (χ1n) is 12.9. The lowest BCUT2D eigenvalue weighted by Gasteiger charge is -2.17. The van der Waals surface area contributed by atoms with Crippen molar-refractivity contribution in [1.29, 1.82) is 0 Å². The predicted molar refractivity (Wildman–Crippen MR) is 149 cm³/mol. The standard InChI is InChI=1S/C30H33ClN2O6/c1-36-23-9-5-21(6-10-23)19-38-26-14-13-25(28(34)30(35)32-15-18-33-16-3-4-17-33)27(31)29(26)39-20-22-7-11-24(37-2)12-8-22/h5-14H,3-4,15-20H2,1-2H3,(H,32,35). The Morgan fingerprint density at radius 3 is 1.95 bits per heavy atom. The number of rotatable bonds is 13. The number of amides is 1. The van der Waals surface area contributed by atoms with E-state index >= 15 is 0 Å². The fourth-order valence-electron chi connectivity index (χ4n) is 4.26. The molecule has 1 N–H and O–H groups in total. The van der Waals surface area contributed by atoms with Crippen LogP contribution < -0.4 is 24.3 Å². The minimum atomic E-state index is -0.725. The monoisotopic (exact) mass is 552 g/mol. The summed E-state index contributed by atoms with van der Waals surface area (Å²) in [6.45, 7) is 3.55. The van der Waals surface area contributed by atoms with E-state index in [-0.39, 0.29) is 29.5 Å². The van der Waals surface area contributed by atoms with Gasteiger partial charge in [-0.3, -0.25) is 9.59 Å². The van der Waals surface area contributed by atoms with Crippen molar-refractivity contribution in [3.8, 4) is 23.0 Å². The molecule has 1 aliphatic rings. The van der Waals surface area contributed by atoms with E-state index in [0.717, 1.165) is 48.6 Å². The summed E-state index contributed by atoms with van der Waals surface area (Å²) in [7, 11) is 3.21. The zero-order valence-electron chi connectivity index (χ0n) is 22.2. The molecule has 1 aliphatic heterocycles. The number of nitrogens with zero attached hydrogens (tertiary/aromatic N) is 1. The number of benzene rings is 3. The molecule has 8 nitrogen and oxygen atoms in total. The van der Waals surface area contributed by atoms with Gasteiger partial charge in [-0.25, -0.2) is 0 Å². The number of hydrogen-bond acceptors (Lipinski definition) is 7. The number of methoxy groups -OCH3 is 2. The summed E-state index contributed by atoms with van der Waals surface area (Å²) in [5, 5.41) is 2.73. The topological polar surface area (TPSA) is 86.3 Å². The fraction of sp³-hybridized carbons (Fsp3) is 0.333. The van der Waals surface area contributed by atoms with Gasteiger partial charge in [0.2, 0.25) is 0 Å². The van der Waals surface area contributed by atoms with E-state index < -0.39 is 11.7 Å². The lowest BCUT2D eigenvalue weighted by atomic mass is 10.1. The third kappa shape index (κ3) is 7.65. The molecule has 3 aromatic rings. The Kier molecular flexibility index (Phi) is 10.1. The maximum Gasteiger partial charge on any atom is 0.292 e. The Hall–Kier alpha value is -3.75. The average molecular weight is 553 g/mol. The predicted octanol–water partition coefficient (Wildman–Crippen LogP) is 4.91. The number of halogens is 1. The van der Waals surface area contributed by atoms with Gasteiger partial charge in [0.1, 0.15) is 24.7 Å².